The Labute approximate surface area is 124 Å². The van der Waals surface area contributed by atoms with Crippen molar-refractivity contribution in [2.75, 3.05) is 12.3 Å². The molecule has 0 bridgehead atoms. The van der Waals surface area contributed by atoms with E-state index in [1.807, 2.05) is 30.0 Å². The first-order valence-electron chi connectivity index (χ1n) is 6.90. The van der Waals surface area contributed by atoms with Crippen molar-refractivity contribution in [2.45, 2.75) is 24.3 Å². The molecule has 2 rings (SSSR count). The minimum Gasteiger partial charge on any atom is -0.313 e. The molecule has 1 nitrogen and oxygen atoms in total. The van der Waals surface area contributed by atoms with E-state index in [-0.39, 0.29) is 5.82 Å². The predicted octanol–water partition coefficient (Wildman–Crippen LogP) is 4.14. The molecule has 106 valence electrons. The predicted molar refractivity (Wildman–Crippen MR) is 84.7 cm³/mol. The summed E-state index contributed by atoms with van der Waals surface area (Å²) in [6.07, 6.45) is 0.927. The lowest BCUT2D eigenvalue weighted by molar-refractivity contribution is 0.566. The molecule has 0 aromatic heterocycles. The number of hydrogen-bond donors (Lipinski definition) is 1. The summed E-state index contributed by atoms with van der Waals surface area (Å²) in [6.45, 7) is 3.14. The van der Waals surface area contributed by atoms with Gasteiger partial charge in [0.1, 0.15) is 5.82 Å². The molecule has 0 amide bonds. The van der Waals surface area contributed by atoms with E-state index in [9.17, 15) is 4.39 Å². The summed E-state index contributed by atoms with van der Waals surface area (Å²) in [5.74, 6) is 0.881. The van der Waals surface area contributed by atoms with Gasteiger partial charge in [0.15, 0.2) is 0 Å². The fourth-order valence-electron chi connectivity index (χ4n) is 2.04. The average Bonchev–Trinajstić information content (AvgIpc) is 2.47. The Morgan fingerprint density at radius 2 is 1.75 bits per heavy atom. The lowest BCUT2D eigenvalue weighted by atomic mass is 10.1. The molecule has 1 unspecified atom stereocenters. The van der Waals surface area contributed by atoms with Crippen LogP contribution in [0, 0.1) is 5.82 Å². The van der Waals surface area contributed by atoms with Crippen molar-refractivity contribution in [2.24, 2.45) is 0 Å². The second-order valence-electron chi connectivity index (χ2n) is 4.85. The zero-order chi connectivity index (χ0) is 14.2. The molecule has 0 spiro atoms. The molecule has 1 N–H and O–H groups in total. The van der Waals surface area contributed by atoms with Gasteiger partial charge in [0, 0.05) is 23.2 Å². The molecule has 0 fully saturated rings. The normalized spacial score (nSPS) is 12.3. The smallest absolute Gasteiger partial charge is 0.123 e. The quantitative estimate of drug-likeness (QED) is 0.607. The third kappa shape index (κ3) is 5.35. The van der Waals surface area contributed by atoms with Crippen molar-refractivity contribution >= 4 is 11.8 Å². The van der Waals surface area contributed by atoms with E-state index in [2.05, 4.69) is 36.5 Å². The van der Waals surface area contributed by atoms with Crippen LogP contribution in [0.5, 0.6) is 0 Å². The standard InChI is InChI=1S/C17H20FNS/c1-14(13-15-7-9-16(18)10-8-15)19-11-12-20-17-5-3-2-4-6-17/h2-10,14,19H,11-13H2,1H3. The second-order valence-corrected chi connectivity index (χ2v) is 6.02. The van der Waals surface area contributed by atoms with Crippen LogP contribution in [0.15, 0.2) is 59.5 Å². The molecule has 1 atom stereocenters. The van der Waals surface area contributed by atoms with E-state index >= 15 is 0 Å². The van der Waals surface area contributed by atoms with Crippen LogP contribution in [-0.2, 0) is 6.42 Å². The Kier molecular flexibility index (Phi) is 6.09. The van der Waals surface area contributed by atoms with E-state index in [0.29, 0.717) is 6.04 Å². The number of benzene rings is 2. The number of rotatable bonds is 7. The van der Waals surface area contributed by atoms with Crippen molar-refractivity contribution in [3.8, 4) is 0 Å². The van der Waals surface area contributed by atoms with Crippen LogP contribution in [-0.4, -0.2) is 18.3 Å². The average molecular weight is 289 g/mol. The van der Waals surface area contributed by atoms with Crippen LogP contribution in [0.2, 0.25) is 0 Å². The Bertz CT molecular complexity index is 498. The Morgan fingerprint density at radius 3 is 2.45 bits per heavy atom. The second kappa shape index (κ2) is 8.08. The van der Waals surface area contributed by atoms with Crippen LogP contribution in [0.3, 0.4) is 0 Å². The summed E-state index contributed by atoms with van der Waals surface area (Å²) in [7, 11) is 0. The molecular formula is C17H20FNS. The van der Waals surface area contributed by atoms with Crippen molar-refractivity contribution in [1.29, 1.82) is 0 Å². The van der Waals surface area contributed by atoms with E-state index in [1.54, 1.807) is 0 Å². The molecular weight excluding hydrogens is 269 g/mol. The van der Waals surface area contributed by atoms with Gasteiger partial charge >= 0.3 is 0 Å². The minimum atomic E-state index is -0.173. The molecule has 0 saturated heterocycles. The largest absolute Gasteiger partial charge is 0.313 e. The van der Waals surface area contributed by atoms with Gasteiger partial charge in [0.05, 0.1) is 0 Å². The molecule has 2 aromatic carbocycles. The van der Waals surface area contributed by atoms with Gasteiger partial charge in [-0.15, -0.1) is 11.8 Å². The molecule has 3 heteroatoms. The third-order valence-electron chi connectivity index (χ3n) is 3.06. The van der Waals surface area contributed by atoms with Crippen LogP contribution in [0.1, 0.15) is 12.5 Å². The Morgan fingerprint density at radius 1 is 1.05 bits per heavy atom. The van der Waals surface area contributed by atoms with Gasteiger partial charge in [0.25, 0.3) is 0 Å². The SMILES string of the molecule is CC(Cc1ccc(F)cc1)NCCSc1ccccc1. The summed E-state index contributed by atoms with van der Waals surface area (Å²) in [5, 5.41) is 3.50. The van der Waals surface area contributed by atoms with Crippen LogP contribution < -0.4 is 5.32 Å². The number of nitrogens with one attached hydrogen (secondary N) is 1. The molecule has 2 aromatic rings. The first-order chi connectivity index (χ1) is 9.74. The fraction of sp³-hybridized carbons (Fsp3) is 0.294. The van der Waals surface area contributed by atoms with Crippen LogP contribution in [0.4, 0.5) is 4.39 Å². The maximum atomic E-state index is 12.8. The van der Waals surface area contributed by atoms with E-state index < -0.39 is 0 Å². The Hall–Kier alpha value is -1.32. The number of thioether (sulfide) groups is 1. The van der Waals surface area contributed by atoms with Crippen molar-refractivity contribution < 1.29 is 4.39 Å². The van der Waals surface area contributed by atoms with Crippen LogP contribution in [0.25, 0.3) is 0 Å². The molecule has 0 radical (unpaired) electrons. The molecule has 20 heavy (non-hydrogen) atoms. The molecule has 0 aliphatic heterocycles. The van der Waals surface area contributed by atoms with Gasteiger partial charge in [-0.05, 0) is 43.2 Å². The molecule has 0 heterocycles. The highest BCUT2D eigenvalue weighted by Crippen LogP contribution is 2.15. The molecule has 0 aliphatic carbocycles. The monoisotopic (exact) mass is 289 g/mol. The Balaban J connectivity index is 1.65. The molecule has 0 aliphatic rings. The van der Waals surface area contributed by atoms with Gasteiger partial charge in [0.2, 0.25) is 0 Å². The topological polar surface area (TPSA) is 12.0 Å². The van der Waals surface area contributed by atoms with Gasteiger partial charge in [-0.3, -0.25) is 0 Å². The van der Waals surface area contributed by atoms with Gasteiger partial charge in [-0.2, -0.15) is 0 Å². The third-order valence-corrected chi connectivity index (χ3v) is 4.08. The van der Waals surface area contributed by atoms with Crippen molar-refractivity contribution in [3.05, 3.63) is 66.0 Å². The highest BCUT2D eigenvalue weighted by atomic mass is 32.2. The van der Waals surface area contributed by atoms with Crippen molar-refractivity contribution in [1.82, 2.24) is 5.32 Å². The summed E-state index contributed by atoms with van der Waals surface area (Å²) < 4.78 is 12.8. The first-order valence-corrected chi connectivity index (χ1v) is 7.88. The summed E-state index contributed by atoms with van der Waals surface area (Å²) >= 11 is 1.86. The lowest BCUT2D eigenvalue weighted by Gasteiger charge is -2.13. The summed E-state index contributed by atoms with van der Waals surface area (Å²) in [6, 6.07) is 17.6. The van der Waals surface area contributed by atoms with Gasteiger partial charge in [-0.25, -0.2) is 4.39 Å². The first kappa shape index (κ1) is 15.1. The summed E-state index contributed by atoms with van der Waals surface area (Å²) in [5.41, 5.74) is 1.17. The fourth-order valence-corrected chi connectivity index (χ4v) is 2.84. The lowest BCUT2D eigenvalue weighted by Crippen LogP contribution is -2.30. The van der Waals surface area contributed by atoms with E-state index in [0.717, 1.165) is 18.7 Å². The van der Waals surface area contributed by atoms with E-state index in [1.165, 1.54) is 22.6 Å². The number of hydrogen-bond acceptors (Lipinski definition) is 2. The summed E-state index contributed by atoms with van der Waals surface area (Å²) in [4.78, 5) is 1.31. The zero-order valence-electron chi connectivity index (χ0n) is 11.7. The zero-order valence-corrected chi connectivity index (χ0v) is 12.5. The highest BCUT2D eigenvalue weighted by molar-refractivity contribution is 7.99. The molecule has 0 saturated carbocycles. The van der Waals surface area contributed by atoms with Gasteiger partial charge in [-0.1, -0.05) is 30.3 Å². The highest BCUT2D eigenvalue weighted by Gasteiger charge is 2.03. The minimum absolute atomic E-state index is 0.173. The van der Waals surface area contributed by atoms with Crippen molar-refractivity contribution in [3.63, 3.8) is 0 Å². The maximum Gasteiger partial charge on any atom is 0.123 e. The van der Waals surface area contributed by atoms with E-state index in [4.69, 9.17) is 0 Å². The maximum absolute atomic E-state index is 12.8. The number of halogens is 1. The van der Waals surface area contributed by atoms with Gasteiger partial charge < -0.3 is 5.32 Å². The van der Waals surface area contributed by atoms with Crippen LogP contribution >= 0.6 is 11.8 Å².